The topological polar surface area (TPSA) is 59.3 Å². The van der Waals surface area contributed by atoms with Gasteiger partial charge in [-0.3, -0.25) is 0 Å². The Hall–Kier alpha value is -1.30. The van der Waals surface area contributed by atoms with Gasteiger partial charge in [-0.1, -0.05) is 11.6 Å². The number of benzene rings is 1. The summed E-state index contributed by atoms with van der Waals surface area (Å²) in [5, 5.41) is 0.494. The minimum atomic E-state index is -3.57. The van der Waals surface area contributed by atoms with E-state index in [2.05, 4.69) is 4.72 Å². The summed E-state index contributed by atoms with van der Waals surface area (Å²) in [6.07, 6.45) is 1.50. The van der Waals surface area contributed by atoms with Crippen molar-refractivity contribution in [3.05, 3.63) is 53.4 Å². The van der Waals surface area contributed by atoms with Crippen molar-refractivity contribution in [2.75, 3.05) is 0 Å². The Morgan fingerprint density at radius 3 is 2.44 bits per heavy atom. The van der Waals surface area contributed by atoms with Crippen molar-refractivity contribution in [1.82, 2.24) is 4.72 Å². The molecule has 0 saturated heterocycles. The van der Waals surface area contributed by atoms with Crippen molar-refractivity contribution in [2.45, 2.75) is 17.9 Å². The summed E-state index contributed by atoms with van der Waals surface area (Å²) in [7, 11) is -3.57. The Morgan fingerprint density at radius 2 is 1.89 bits per heavy atom. The Balaban J connectivity index is 2.20. The second kappa shape index (κ2) is 5.14. The number of hydrogen-bond acceptors (Lipinski definition) is 3. The first-order chi connectivity index (χ1) is 8.49. The van der Waals surface area contributed by atoms with Gasteiger partial charge in [0.2, 0.25) is 10.0 Å². The van der Waals surface area contributed by atoms with Crippen LogP contribution in [0.4, 0.5) is 0 Å². The van der Waals surface area contributed by atoms with E-state index >= 15 is 0 Å². The van der Waals surface area contributed by atoms with Gasteiger partial charge in [0.25, 0.3) is 0 Å². The van der Waals surface area contributed by atoms with Gasteiger partial charge in [0, 0.05) is 5.02 Å². The highest BCUT2D eigenvalue weighted by molar-refractivity contribution is 7.89. The van der Waals surface area contributed by atoms with Gasteiger partial charge < -0.3 is 4.42 Å². The lowest BCUT2D eigenvalue weighted by molar-refractivity contribution is 0.459. The van der Waals surface area contributed by atoms with Gasteiger partial charge in [-0.25, -0.2) is 13.1 Å². The molecule has 6 heteroatoms. The lowest BCUT2D eigenvalue weighted by Gasteiger charge is -2.12. The fraction of sp³-hybridized carbons (Fsp3) is 0.167. The molecule has 0 aliphatic heterocycles. The van der Waals surface area contributed by atoms with Crippen molar-refractivity contribution in [2.24, 2.45) is 0 Å². The smallest absolute Gasteiger partial charge is 0.241 e. The lowest BCUT2D eigenvalue weighted by atomic mass is 10.3. The molecule has 1 aromatic heterocycles. The summed E-state index contributed by atoms with van der Waals surface area (Å²) in [6, 6.07) is 8.98. The molecule has 1 heterocycles. The second-order valence-corrected chi connectivity index (χ2v) is 5.96. The normalized spacial score (nSPS) is 13.4. The van der Waals surface area contributed by atoms with E-state index in [-0.39, 0.29) is 4.90 Å². The minimum Gasteiger partial charge on any atom is -0.468 e. The van der Waals surface area contributed by atoms with E-state index in [9.17, 15) is 8.42 Å². The Labute approximate surface area is 111 Å². The summed E-state index contributed by atoms with van der Waals surface area (Å²) >= 11 is 5.72. The largest absolute Gasteiger partial charge is 0.468 e. The third kappa shape index (κ3) is 2.93. The van der Waals surface area contributed by atoms with Crippen LogP contribution < -0.4 is 4.72 Å². The molecule has 2 aromatic rings. The number of halogens is 1. The van der Waals surface area contributed by atoms with Crippen molar-refractivity contribution in [1.29, 1.82) is 0 Å². The first-order valence-electron chi connectivity index (χ1n) is 5.30. The van der Waals surface area contributed by atoms with Crippen LogP contribution in [0.2, 0.25) is 5.02 Å². The molecular formula is C12H12ClNO3S. The van der Waals surface area contributed by atoms with Crippen molar-refractivity contribution < 1.29 is 12.8 Å². The van der Waals surface area contributed by atoms with Crippen molar-refractivity contribution in [3.63, 3.8) is 0 Å². The molecule has 1 atom stereocenters. The molecule has 0 bridgehead atoms. The molecule has 0 saturated carbocycles. The molecule has 1 aromatic carbocycles. The standard InChI is InChI=1S/C12H12ClNO3S/c1-9(12-3-2-8-17-12)14-18(15,16)11-6-4-10(13)5-7-11/h2-9,14H,1H3/t9-/m1/s1. The average molecular weight is 286 g/mol. The van der Waals surface area contributed by atoms with E-state index in [1.54, 1.807) is 19.1 Å². The number of hydrogen-bond donors (Lipinski definition) is 1. The van der Waals surface area contributed by atoms with Gasteiger partial charge in [-0.05, 0) is 43.3 Å². The van der Waals surface area contributed by atoms with E-state index in [1.807, 2.05) is 0 Å². The van der Waals surface area contributed by atoms with Crippen LogP contribution in [0.5, 0.6) is 0 Å². The Bertz CT molecular complexity index is 605. The predicted octanol–water partition coefficient (Wildman–Crippen LogP) is 2.97. The summed E-state index contributed by atoms with van der Waals surface area (Å²) < 4.78 is 31.8. The molecule has 0 fully saturated rings. The highest BCUT2D eigenvalue weighted by Gasteiger charge is 2.19. The fourth-order valence-electron chi connectivity index (χ4n) is 1.51. The molecule has 18 heavy (non-hydrogen) atoms. The first kappa shape index (κ1) is 13.1. The molecule has 0 amide bonds. The second-order valence-electron chi connectivity index (χ2n) is 3.81. The number of furan rings is 1. The molecule has 4 nitrogen and oxygen atoms in total. The SMILES string of the molecule is C[C@@H](NS(=O)(=O)c1ccc(Cl)cc1)c1ccco1. The van der Waals surface area contributed by atoms with Crippen LogP contribution in [0.15, 0.2) is 52.0 Å². The summed E-state index contributed by atoms with van der Waals surface area (Å²) in [5.41, 5.74) is 0. The maximum atomic E-state index is 12.1. The predicted molar refractivity (Wildman–Crippen MR) is 68.9 cm³/mol. The first-order valence-corrected chi connectivity index (χ1v) is 7.16. The van der Waals surface area contributed by atoms with Gasteiger partial charge in [0.1, 0.15) is 5.76 Å². The van der Waals surface area contributed by atoms with Gasteiger partial charge >= 0.3 is 0 Å². The molecule has 2 rings (SSSR count). The third-order valence-corrected chi connectivity index (χ3v) is 4.23. The lowest BCUT2D eigenvalue weighted by Crippen LogP contribution is -2.26. The van der Waals surface area contributed by atoms with Crippen molar-refractivity contribution >= 4 is 21.6 Å². The van der Waals surface area contributed by atoms with Gasteiger partial charge in [0.05, 0.1) is 17.2 Å². The van der Waals surface area contributed by atoms with Crippen LogP contribution in [-0.2, 0) is 10.0 Å². The molecule has 0 aliphatic rings. The third-order valence-electron chi connectivity index (χ3n) is 2.43. The maximum absolute atomic E-state index is 12.1. The highest BCUT2D eigenvalue weighted by Crippen LogP contribution is 2.18. The van der Waals surface area contributed by atoms with Crippen LogP contribution in [0.1, 0.15) is 18.7 Å². The molecule has 0 aliphatic carbocycles. The maximum Gasteiger partial charge on any atom is 0.241 e. The average Bonchev–Trinajstić information content (AvgIpc) is 2.82. The van der Waals surface area contributed by atoms with E-state index in [0.717, 1.165) is 0 Å². The molecule has 0 radical (unpaired) electrons. The quantitative estimate of drug-likeness (QED) is 0.939. The molecule has 0 spiro atoms. The monoisotopic (exact) mass is 285 g/mol. The summed E-state index contributed by atoms with van der Waals surface area (Å²) in [5.74, 6) is 0.563. The zero-order valence-corrected chi connectivity index (χ0v) is 11.2. The Kier molecular flexibility index (Phi) is 3.75. The van der Waals surface area contributed by atoms with E-state index in [4.69, 9.17) is 16.0 Å². The van der Waals surface area contributed by atoms with Crippen LogP contribution >= 0.6 is 11.6 Å². The number of sulfonamides is 1. The number of rotatable bonds is 4. The zero-order valence-electron chi connectivity index (χ0n) is 9.63. The fourth-order valence-corrected chi connectivity index (χ4v) is 2.85. The van der Waals surface area contributed by atoms with Gasteiger partial charge in [-0.15, -0.1) is 0 Å². The zero-order chi connectivity index (χ0) is 13.2. The van der Waals surface area contributed by atoms with Gasteiger partial charge in [-0.2, -0.15) is 0 Å². The van der Waals surface area contributed by atoms with E-state index in [0.29, 0.717) is 10.8 Å². The van der Waals surface area contributed by atoms with Crippen molar-refractivity contribution in [3.8, 4) is 0 Å². The molecular weight excluding hydrogens is 274 g/mol. The molecule has 0 unspecified atom stereocenters. The van der Waals surface area contributed by atoms with Crippen LogP contribution in [0, 0.1) is 0 Å². The summed E-state index contributed by atoms with van der Waals surface area (Å²) in [6.45, 7) is 1.71. The van der Waals surface area contributed by atoms with Crippen LogP contribution in [-0.4, -0.2) is 8.42 Å². The van der Waals surface area contributed by atoms with E-state index in [1.165, 1.54) is 30.5 Å². The van der Waals surface area contributed by atoms with E-state index < -0.39 is 16.1 Å². The minimum absolute atomic E-state index is 0.172. The highest BCUT2D eigenvalue weighted by atomic mass is 35.5. The molecule has 96 valence electrons. The van der Waals surface area contributed by atoms with Gasteiger partial charge in [0.15, 0.2) is 0 Å². The Morgan fingerprint density at radius 1 is 1.22 bits per heavy atom. The number of nitrogens with one attached hydrogen (secondary N) is 1. The summed E-state index contributed by atoms with van der Waals surface area (Å²) in [4.78, 5) is 0.172. The van der Waals surface area contributed by atoms with Crippen LogP contribution in [0.25, 0.3) is 0 Å². The van der Waals surface area contributed by atoms with Crippen LogP contribution in [0.3, 0.4) is 0 Å². The molecule has 1 N–H and O–H groups in total.